The first-order chi connectivity index (χ1) is 7.53. The SMILES string of the molecule is CCC1CCCCC1NCCNC(C)(C)C. The lowest BCUT2D eigenvalue weighted by atomic mass is 9.83. The predicted molar refractivity (Wildman–Crippen MR) is 71.8 cm³/mol. The van der Waals surface area contributed by atoms with Crippen LogP contribution in [0.25, 0.3) is 0 Å². The van der Waals surface area contributed by atoms with E-state index in [2.05, 4.69) is 38.3 Å². The van der Waals surface area contributed by atoms with Gasteiger partial charge in [-0.05, 0) is 39.5 Å². The van der Waals surface area contributed by atoms with Crippen LogP contribution >= 0.6 is 0 Å². The molecule has 0 radical (unpaired) electrons. The summed E-state index contributed by atoms with van der Waals surface area (Å²) in [4.78, 5) is 0. The minimum atomic E-state index is 0.248. The topological polar surface area (TPSA) is 24.1 Å². The maximum atomic E-state index is 3.73. The van der Waals surface area contributed by atoms with Crippen molar-refractivity contribution in [1.29, 1.82) is 0 Å². The van der Waals surface area contributed by atoms with Crippen molar-refractivity contribution in [1.82, 2.24) is 10.6 Å². The maximum absolute atomic E-state index is 3.73. The van der Waals surface area contributed by atoms with E-state index >= 15 is 0 Å². The van der Waals surface area contributed by atoms with Crippen LogP contribution in [0.15, 0.2) is 0 Å². The lowest BCUT2D eigenvalue weighted by Crippen LogP contribution is -2.45. The van der Waals surface area contributed by atoms with Crippen molar-refractivity contribution in [2.24, 2.45) is 5.92 Å². The van der Waals surface area contributed by atoms with Crippen LogP contribution in [0.4, 0.5) is 0 Å². The van der Waals surface area contributed by atoms with E-state index in [-0.39, 0.29) is 5.54 Å². The van der Waals surface area contributed by atoms with Gasteiger partial charge in [0.1, 0.15) is 0 Å². The van der Waals surface area contributed by atoms with Gasteiger partial charge in [-0.1, -0.05) is 26.2 Å². The van der Waals surface area contributed by atoms with Crippen LogP contribution in [-0.4, -0.2) is 24.7 Å². The zero-order chi connectivity index (χ0) is 12.0. The highest BCUT2D eigenvalue weighted by atomic mass is 15.0. The highest BCUT2D eigenvalue weighted by Gasteiger charge is 2.22. The van der Waals surface area contributed by atoms with Gasteiger partial charge < -0.3 is 10.6 Å². The molecule has 96 valence electrons. The molecule has 0 saturated heterocycles. The molecule has 2 atom stereocenters. The average molecular weight is 226 g/mol. The van der Waals surface area contributed by atoms with Gasteiger partial charge >= 0.3 is 0 Å². The van der Waals surface area contributed by atoms with Gasteiger partial charge in [0.15, 0.2) is 0 Å². The summed E-state index contributed by atoms with van der Waals surface area (Å²) in [6, 6.07) is 0.778. The van der Waals surface area contributed by atoms with Crippen molar-refractivity contribution in [3.63, 3.8) is 0 Å². The predicted octanol–water partition coefficient (Wildman–Crippen LogP) is 2.93. The molecular formula is C14H30N2. The number of hydrogen-bond acceptors (Lipinski definition) is 2. The Morgan fingerprint density at radius 1 is 1.06 bits per heavy atom. The molecule has 2 unspecified atom stereocenters. The zero-order valence-corrected chi connectivity index (χ0v) is 11.6. The van der Waals surface area contributed by atoms with Gasteiger partial charge in [-0.3, -0.25) is 0 Å². The fraction of sp³-hybridized carbons (Fsp3) is 1.00. The second kappa shape index (κ2) is 6.61. The molecule has 2 heteroatoms. The van der Waals surface area contributed by atoms with Crippen molar-refractivity contribution in [2.75, 3.05) is 13.1 Å². The first-order valence-electron chi connectivity index (χ1n) is 7.01. The molecule has 0 aromatic carbocycles. The molecule has 1 saturated carbocycles. The third kappa shape index (κ3) is 5.31. The second-order valence-electron chi connectivity index (χ2n) is 6.19. The van der Waals surface area contributed by atoms with Gasteiger partial charge in [0, 0.05) is 24.7 Å². The van der Waals surface area contributed by atoms with E-state index in [4.69, 9.17) is 0 Å². The Bertz CT molecular complexity index is 184. The first kappa shape index (κ1) is 14.0. The highest BCUT2D eigenvalue weighted by Crippen LogP contribution is 2.26. The van der Waals surface area contributed by atoms with Crippen molar-refractivity contribution in [2.45, 2.75) is 71.4 Å². The van der Waals surface area contributed by atoms with Crippen molar-refractivity contribution in [3.05, 3.63) is 0 Å². The molecule has 0 aliphatic heterocycles. The molecule has 1 fully saturated rings. The summed E-state index contributed by atoms with van der Waals surface area (Å²) in [5.41, 5.74) is 0.248. The fourth-order valence-corrected chi connectivity index (χ4v) is 2.66. The van der Waals surface area contributed by atoms with Crippen LogP contribution < -0.4 is 10.6 Å². The molecule has 16 heavy (non-hydrogen) atoms. The van der Waals surface area contributed by atoms with Crippen molar-refractivity contribution < 1.29 is 0 Å². The monoisotopic (exact) mass is 226 g/mol. The van der Waals surface area contributed by atoms with Crippen LogP contribution in [0.5, 0.6) is 0 Å². The lowest BCUT2D eigenvalue weighted by molar-refractivity contribution is 0.254. The van der Waals surface area contributed by atoms with Crippen LogP contribution in [0, 0.1) is 5.92 Å². The standard InChI is InChI=1S/C14H30N2/c1-5-12-8-6-7-9-13(12)15-10-11-16-14(2,3)4/h12-13,15-16H,5-11H2,1-4H3. The molecule has 0 amide bonds. The van der Waals surface area contributed by atoms with Crippen LogP contribution in [-0.2, 0) is 0 Å². The molecule has 0 aromatic rings. The van der Waals surface area contributed by atoms with Gasteiger partial charge in [-0.15, -0.1) is 0 Å². The molecule has 2 N–H and O–H groups in total. The maximum Gasteiger partial charge on any atom is 0.00970 e. The van der Waals surface area contributed by atoms with E-state index in [1.54, 1.807) is 0 Å². The van der Waals surface area contributed by atoms with Gasteiger partial charge in [0.25, 0.3) is 0 Å². The molecule has 0 spiro atoms. The number of rotatable bonds is 5. The summed E-state index contributed by atoms with van der Waals surface area (Å²) in [6.45, 7) is 11.2. The Hall–Kier alpha value is -0.0800. The average Bonchev–Trinajstić information content (AvgIpc) is 2.23. The molecule has 1 rings (SSSR count). The lowest BCUT2D eigenvalue weighted by Gasteiger charge is -2.32. The van der Waals surface area contributed by atoms with Gasteiger partial charge in [0.05, 0.1) is 0 Å². The minimum absolute atomic E-state index is 0.248. The van der Waals surface area contributed by atoms with E-state index in [0.29, 0.717) is 0 Å². The van der Waals surface area contributed by atoms with Crippen LogP contribution in [0.2, 0.25) is 0 Å². The van der Waals surface area contributed by atoms with E-state index < -0.39 is 0 Å². The number of hydrogen-bond donors (Lipinski definition) is 2. The first-order valence-corrected chi connectivity index (χ1v) is 7.01. The Balaban J connectivity index is 2.15. The van der Waals surface area contributed by atoms with Crippen LogP contribution in [0.3, 0.4) is 0 Å². The Kier molecular flexibility index (Phi) is 5.77. The highest BCUT2D eigenvalue weighted by molar-refractivity contribution is 4.80. The van der Waals surface area contributed by atoms with E-state index in [0.717, 1.165) is 25.0 Å². The van der Waals surface area contributed by atoms with Crippen molar-refractivity contribution >= 4 is 0 Å². The van der Waals surface area contributed by atoms with E-state index in [9.17, 15) is 0 Å². The molecule has 0 aromatic heterocycles. The summed E-state index contributed by atoms with van der Waals surface area (Å²) in [5.74, 6) is 0.920. The van der Waals surface area contributed by atoms with Crippen LogP contribution in [0.1, 0.15) is 59.8 Å². The Labute approximate surface area is 102 Å². The summed E-state index contributed by atoms with van der Waals surface area (Å²) in [5, 5.41) is 7.26. The largest absolute Gasteiger partial charge is 0.312 e. The zero-order valence-electron chi connectivity index (χ0n) is 11.6. The second-order valence-corrected chi connectivity index (χ2v) is 6.19. The summed E-state index contributed by atoms with van der Waals surface area (Å²) >= 11 is 0. The molecule has 0 bridgehead atoms. The van der Waals surface area contributed by atoms with Crippen molar-refractivity contribution in [3.8, 4) is 0 Å². The molecule has 1 aliphatic carbocycles. The Morgan fingerprint density at radius 2 is 1.75 bits per heavy atom. The molecule has 1 aliphatic rings. The van der Waals surface area contributed by atoms with Gasteiger partial charge in [-0.2, -0.15) is 0 Å². The molecular weight excluding hydrogens is 196 g/mol. The smallest absolute Gasteiger partial charge is 0.00970 e. The van der Waals surface area contributed by atoms with Gasteiger partial charge in [-0.25, -0.2) is 0 Å². The summed E-state index contributed by atoms with van der Waals surface area (Å²) < 4.78 is 0. The molecule has 0 heterocycles. The summed E-state index contributed by atoms with van der Waals surface area (Å²) in [6.07, 6.45) is 7.01. The molecule has 2 nitrogen and oxygen atoms in total. The Morgan fingerprint density at radius 3 is 2.38 bits per heavy atom. The third-order valence-electron chi connectivity index (χ3n) is 3.62. The summed E-state index contributed by atoms with van der Waals surface area (Å²) in [7, 11) is 0. The van der Waals surface area contributed by atoms with Gasteiger partial charge in [0.2, 0.25) is 0 Å². The minimum Gasteiger partial charge on any atom is -0.312 e. The van der Waals surface area contributed by atoms with E-state index in [1.807, 2.05) is 0 Å². The third-order valence-corrected chi connectivity index (χ3v) is 3.62. The van der Waals surface area contributed by atoms with E-state index in [1.165, 1.54) is 32.1 Å². The quantitative estimate of drug-likeness (QED) is 0.704. The number of nitrogens with one attached hydrogen (secondary N) is 2. The normalized spacial score (nSPS) is 27.0. The fourth-order valence-electron chi connectivity index (χ4n) is 2.66.